The first-order valence-corrected chi connectivity index (χ1v) is 17.0. The molecule has 0 unspecified atom stereocenters. The standard InChI is InChI=1S/C36H45N7O7/c1-5-36(33(46)47)19-12-7-6-11-18-28(37-34(48)50-35(2,3)4)32(45)42-22-26(21-29(42)31(44)38-36)43-40-30(39-41-43)25-16-13-17-27(20-25)49-23-24-14-9-8-10-15-24/h8-10,12-17,19-20,26,28-29H,5-7,11,18,21-23H2,1-4H3,(H,37,48)(H,38,44)(H,46,47)/b19-12-/t26-,28+,29+,36-/m1/s1. The van der Waals surface area contributed by atoms with Crippen LogP contribution in [0.25, 0.3) is 11.4 Å². The third-order valence-corrected chi connectivity index (χ3v) is 8.75. The molecule has 0 aliphatic carbocycles. The summed E-state index contributed by atoms with van der Waals surface area (Å²) in [5.74, 6) is -1.36. The molecule has 266 valence electrons. The Morgan fingerprint density at radius 3 is 2.60 bits per heavy atom. The number of benzene rings is 2. The number of carbonyl (C=O) groups is 4. The van der Waals surface area contributed by atoms with Crippen LogP contribution in [0.15, 0.2) is 66.7 Å². The number of ether oxygens (including phenoxy) is 2. The Morgan fingerprint density at radius 2 is 1.88 bits per heavy atom. The molecule has 2 aliphatic rings. The molecule has 0 bridgehead atoms. The van der Waals surface area contributed by atoms with E-state index in [-0.39, 0.29) is 19.4 Å². The number of tetrazole rings is 1. The molecule has 1 fully saturated rings. The van der Waals surface area contributed by atoms with Gasteiger partial charge in [-0.05, 0) is 69.4 Å². The molecule has 4 atom stereocenters. The normalized spacial score (nSPS) is 23.8. The van der Waals surface area contributed by atoms with Gasteiger partial charge in [-0.25, -0.2) is 9.59 Å². The summed E-state index contributed by atoms with van der Waals surface area (Å²) >= 11 is 0. The lowest BCUT2D eigenvalue weighted by Gasteiger charge is -2.32. The molecule has 3 amide bonds. The van der Waals surface area contributed by atoms with E-state index >= 15 is 0 Å². The highest BCUT2D eigenvalue weighted by Gasteiger charge is 2.46. The summed E-state index contributed by atoms with van der Waals surface area (Å²) in [4.78, 5) is 56.2. The van der Waals surface area contributed by atoms with Gasteiger partial charge in [0.2, 0.25) is 17.6 Å². The van der Waals surface area contributed by atoms with Crippen LogP contribution in [0.4, 0.5) is 4.79 Å². The van der Waals surface area contributed by atoms with Gasteiger partial charge in [-0.3, -0.25) is 9.59 Å². The minimum Gasteiger partial charge on any atom is -0.489 e. The average molecular weight is 688 g/mol. The number of allylic oxidation sites excluding steroid dienone is 1. The van der Waals surface area contributed by atoms with E-state index in [2.05, 4.69) is 26.0 Å². The van der Waals surface area contributed by atoms with Crippen molar-refractivity contribution in [2.75, 3.05) is 6.54 Å². The molecular weight excluding hydrogens is 642 g/mol. The smallest absolute Gasteiger partial charge is 0.408 e. The van der Waals surface area contributed by atoms with E-state index in [9.17, 15) is 24.3 Å². The van der Waals surface area contributed by atoms with E-state index in [1.54, 1.807) is 33.8 Å². The number of nitrogens with one attached hydrogen (secondary N) is 2. The van der Waals surface area contributed by atoms with Crippen molar-refractivity contribution >= 4 is 23.9 Å². The lowest BCUT2D eigenvalue weighted by molar-refractivity contribution is -0.147. The van der Waals surface area contributed by atoms with Crippen molar-refractivity contribution in [3.63, 3.8) is 0 Å². The molecule has 3 aromatic rings. The van der Waals surface area contributed by atoms with E-state index in [1.807, 2.05) is 54.6 Å². The van der Waals surface area contributed by atoms with Crippen molar-refractivity contribution < 1.29 is 33.8 Å². The van der Waals surface area contributed by atoms with Gasteiger partial charge in [0, 0.05) is 18.5 Å². The highest BCUT2D eigenvalue weighted by molar-refractivity contribution is 5.95. The molecule has 0 spiro atoms. The fraction of sp³-hybridized carbons (Fsp3) is 0.472. The molecule has 0 saturated carbocycles. The van der Waals surface area contributed by atoms with E-state index < -0.39 is 53.1 Å². The SMILES string of the molecule is CC[C@]1(C(=O)O)/C=C\CCCC[C@H](NC(=O)OC(C)(C)C)C(=O)N2C[C@H](n3nnc(-c4cccc(OCc5ccccc5)c4)n3)C[C@H]2C(=O)N1. The van der Waals surface area contributed by atoms with Gasteiger partial charge in [-0.2, -0.15) is 4.80 Å². The van der Waals surface area contributed by atoms with Crippen molar-refractivity contribution in [1.82, 2.24) is 35.7 Å². The predicted molar refractivity (Wildman–Crippen MR) is 183 cm³/mol. The quantitative estimate of drug-likeness (QED) is 0.287. The summed E-state index contributed by atoms with van der Waals surface area (Å²) in [6, 6.07) is 14.5. The molecule has 50 heavy (non-hydrogen) atoms. The van der Waals surface area contributed by atoms with Gasteiger partial charge < -0.3 is 30.1 Å². The number of aliphatic carboxylic acids is 1. The summed E-state index contributed by atoms with van der Waals surface area (Å²) in [5, 5.41) is 28.8. The van der Waals surface area contributed by atoms with Gasteiger partial charge >= 0.3 is 12.1 Å². The Kier molecular flexibility index (Phi) is 11.2. The lowest BCUT2D eigenvalue weighted by atomic mass is 9.94. The minimum absolute atomic E-state index is 0.0292. The van der Waals surface area contributed by atoms with E-state index in [0.717, 1.165) is 5.56 Å². The zero-order valence-corrected chi connectivity index (χ0v) is 28.9. The topological polar surface area (TPSA) is 178 Å². The van der Waals surface area contributed by atoms with Gasteiger partial charge in [-0.15, -0.1) is 10.2 Å². The zero-order chi connectivity index (χ0) is 35.9. The maximum absolute atomic E-state index is 14.2. The Morgan fingerprint density at radius 1 is 1.10 bits per heavy atom. The zero-order valence-electron chi connectivity index (χ0n) is 28.9. The van der Waals surface area contributed by atoms with Crippen LogP contribution in [0.2, 0.25) is 0 Å². The van der Waals surface area contributed by atoms with E-state index in [0.29, 0.717) is 49.4 Å². The fourth-order valence-corrected chi connectivity index (χ4v) is 6.06. The molecule has 0 radical (unpaired) electrons. The summed E-state index contributed by atoms with van der Waals surface area (Å²) in [6.45, 7) is 7.29. The van der Waals surface area contributed by atoms with Crippen LogP contribution in [0.3, 0.4) is 0 Å². The average Bonchev–Trinajstić information content (AvgIpc) is 3.75. The van der Waals surface area contributed by atoms with Crippen molar-refractivity contribution in [3.05, 3.63) is 72.3 Å². The minimum atomic E-state index is -1.65. The Bertz CT molecular complexity index is 1700. The molecule has 14 nitrogen and oxygen atoms in total. The highest BCUT2D eigenvalue weighted by atomic mass is 16.6. The molecule has 14 heteroatoms. The molecule has 1 aromatic heterocycles. The highest BCUT2D eigenvalue weighted by Crippen LogP contribution is 2.30. The largest absolute Gasteiger partial charge is 0.489 e. The number of aromatic nitrogens is 4. The summed E-state index contributed by atoms with van der Waals surface area (Å²) < 4.78 is 11.4. The number of nitrogens with zero attached hydrogens (tertiary/aromatic N) is 5. The van der Waals surface area contributed by atoms with Crippen LogP contribution in [-0.4, -0.2) is 83.9 Å². The van der Waals surface area contributed by atoms with Crippen LogP contribution in [0.5, 0.6) is 5.75 Å². The third-order valence-electron chi connectivity index (χ3n) is 8.75. The Labute approximate surface area is 291 Å². The van der Waals surface area contributed by atoms with Gasteiger partial charge in [-0.1, -0.05) is 68.0 Å². The number of rotatable bonds is 8. The molecule has 2 aliphatic heterocycles. The number of carboxylic acids is 1. The van der Waals surface area contributed by atoms with E-state index in [1.165, 1.54) is 15.8 Å². The van der Waals surface area contributed by atoms with Crippen LogP contribution >= 0.6 is 0 Å². The Balaban J connectivity index is 1.41. The van der Waals surface area contributed by atoms with Crippen LogP contribution in [-0.2, 0) is 25.7 Å². The lowest BCUT2D eigenvalue weighted by Crippen LogP contribution is -2.59. The molecule has 3 heterocycles. The second-order valence-corrected chi connectivity index (χ2v) is 13.6. The molecular formula is C36H45N7O7. The number of hydrogen-bond acceptors (Lipinski definition) is 9. The maximum atomic E-state index is 14.2. The summed E-state index contributed by atoms with van der Waals surface area (Å²) in [5.41, 5.74) is -0.748. The molecule has 2 aromatic carbocycles. The predicted octanol–water partition coefficient (Wildman–Crippen LogP) is 4.43. The second kappa shape index (κ2) is 15.5. The molecule has 1 saturated heterocycles. The van der Waals surface area contributed by atoms with Gasteiger partial charge in [0.1, 0.15) is 30.0 Å². The molecule has 5 rings (SSSR count). The number of fused-ring (bicyclic) bond motifs is 1. The van der Waals surface area contributed by atoms with Crippen molar-refractivity contribution in [2.45, 2.75) is 102 Å². The van der Waals surface area contributed by atoms with Gasteiger partial charge in [0.25, 0.3) is 0 Å². The number of alkyl carbamates (subject to hydrolysis) is 1. The number of amides is 3. The van der Waals surface area contributed by atoms with Crippen LogP contribution in [0, 0.1) is 0 Å². The van der Waals surface area contributed by atoms with Gasteiger partial charge in [0.15, 0.2) is 5.54 Å². The fourth-order valence-electron chi connectivity index (χ4n) is 6.06. The first kappa shape index (κ1) is 36.0. The third kappa shape index (κ3) is 8.84. The van der Waals surface area contributed by atoms with Gasteiger partial charge in [0.05, 0.1) is 6.04 Å². The first-order valence-electron chi connectivity index (χ1n) is 17.0. The monoisotopic (exact) mass is 687 g/mol. The number of hydrogen-bond donors (Lipinski definition) is 3. The van der Waals surface area contributed by atoms with Crippen molar-refractivity contribution in [2.24, 2.45) is 0 Å². The first-order chi connectivity index (χ1) is 23.9. The summed E-state index contributed by atoms with van der Waals surface area (Å²) in [6.07, 6.45) is 4.74. The maximum Gasteiger partial charge on any atom is 0.408 e. The summed E-state index contributed by atoms with van der Waals surface area (Å²) in [7, 11) is 0. The van der Waals surface area contributed by atoms with Crippen LogP contribution < -0.4 is 15.4 Å². The van der Waals surface area contributed by atoms with E-state index in [4.69, 9.17) is 9.47 Å². The number of carboxylic acid groups (broad SMARTS) is 1. The number of carbonyl (C=O) groups excluding carboxylic acids is 3. The van der Waals surface area contributed by atoms with Crippen LogP contribution in [0.1, 0.15) is 77.8 Å². The molecule has 3 N–H and O–H groups in total. The van der Waals surface area contributed by atoms with Crippen molar-refractivity contribution in [1.29, 1.82) is 0 Å². The second-order valence-electron chi connectivity index (χ2n) is 13.6. The Hall–Kier alpha value is -5.27. The van der Waals surface area contributed by atoms with Crippen molar-refractivity contribution in [3.8, 4) is 17.1 Å².